The van der Waals surface area contributed by atoms with Crippen LogP contribution >= 0.6 is 0 Å². The number of rotatable bonds is 5. The summed E-state index contributed by atoms with van der Waals surface area (Å²) in [6, 6.07) is 11.8. The first-order chi connectivity index (χ1) is 15.1. The van der Waals surface area contributed by atoms with Crippen LogP contribution in [0, 0.1) is 17.1 Å². The number of nitriles is 1. The van der Waals surface area contributed by atoms with Gasteiger partial charge in [0.25, 0.3) is 5.91 Å². The predicted octanol–water partition coefficient (Wildman–Crippen LogP) is 3.24. The van der Waals surface area contributed by atoms with Gasteiger partial charge in [0.1, 0.15) is 17.7 Å². The SMILES string of the molecule is CCc1c(C(=O)NC2CCN(c3ccc(C#N)cn3)CC2)cnn1-c1ccc(F)cc1. The molecule has 0 spiro atoms. The molecule has 0 atom stereocenters. The molecule has 1 aromatic carbocycles. The van der Waals surface area contributed by atoms with Crippen molar-refractivity contribution in [2.75, 3.05) is 18.0 Å². The second kappa shape index (κ2) is 8.96. The number of hydrogen-bond acceptors (Lipinski definition) is 5. The molecule has 7 nitrogen and oxygen atoms in total. The van der Waals surface area contributed by atoms with Crippen molar-refractivity contribution in [1.82, 2.24) is 20.1 Å². The number of carbonyl (C=O) groups excluding carboxylic acids is 1. The standard InChI is InChI=1S/C23H23FN6O/c1-2-21-20(15-27-30(21)19-6-4-17(24)5-7-19)23(31)28-18-9-11-29(12-10-18)22-8-3-16(13-25)14-26-22/h3-8,14-15,18H,2,9-12H2,1H3,(H,28,31). The molecule has 31 heavy (non-hydrogen) atoms. The molecule has 8 heteroatoms. The van der Waals surface area contributed by atoms with E-state index in [0.29, 0.717) is 17.5 Å². The maximum Gasteiger partial charge on any atom is 0.254 e. The summed E-state index contributed by atoms with van der Waals surface area (Å²) in [7, 11) is 0. The molecule has 0 saturated carbocycles. The van der Waals surface area contributed by atoms with E-state index in [0.717, 1.165) is 43.1 Å². The largest absolute Gasteiger partial charge is 0.356 e. The number of benzene rings is 1. The molecule has 1 amide bonds. The first kappa shape index (κ1) is 20.5. The van der Waals surface area contributed by atoms with Gasteiger partial charge >= 0.3 is 0 Å². The molecular formula is C23H23FN6O. The van der Waals surface area contributed by atoms with Gasteiger partial charge in [-0.1, -0.05) is 6.92 Å². The summed E-state index contributed by atoms with van der Waals surface area (Å²) in [5.74, 6) is 0.396. The molecule has 1 saturated heterocycles. The number of aromatic nitrogens is 3. The van der Waals surface area contributed by atoms with Crippen LogP contribution in [-0.4, -0.2) is 39.8 Å². The summed E-state index contributed by atoms with van der Waals surface area (Å²) < 4.78 is 14.9. The molecule has 0 aliphatic carbocycles. The van der Waals surface area contributed by atoms with E-state index in [1.807, 2.05) is 13.0 Å². The van der Waals surface area contributed by atoms with E-state index < -0.39 is 0 Å². The van der Waals surface area contributed by atoms with Gasteiger partial charge in [-0.2, -0.15) is 10.4 Å². The Bertz CT molecular complexity index is 1090. The van der Waals surface area contributed by atoms with Crippen LogP contribution in [0.3, 0.4) is 0 Å². The Morgan fingerprint density at radius 2 is 1.94 bits per heavy atom. The van der Waals surface area contributed by atoms with Gasteiger partial charge in [0, 0.05) is 25.3 Å². The Balaban J connectivity index is 1.40. The van der Waals surface area contributed by atoms with Crippen molar-refractivity contribution in [3.8, 4) is 11.8 Å². The maximum absolute atomic E-state index is 13.2. The zero-order valence-electron chi connectivity index (χ0n) is 17.3. The monoisotopic (exact) mass is 418 g/mol. The van der Waals surface area contributed by atoms with Crippen LogP contribution in [0.1, 0.15) is 41.4 Å². The molecule has 0 unspecified atom stereocenters. The number of nitrogens with one attached hydrogen (secondary N) is 1. The summed E-state index contributed by atoms with van der Waals surface area (Å²) in [6.45, 7) is 3.52. The third-order valence-electron chi connectivity index (χ3n) is 5.55. The molecular weight excluding hydrogens is 395 g/mol. The van der Waals surface area contributed by atoms with Gasteiger partial charge < -0.3 is 10.2 Å². The highest BCUT2D eigenvalue weighted by Gasteiger charge is 2.24. The molecule has 1 aliphatic rings. The van der Waals surface area contributed by atoms with Crippen LogP contribution < -0.4 is 10.2 Å². The summed E-state index contributed by atoms with van der Waals surface area (Å²) >= 11 is 0. The van der Waals surface area contributed by atoms with Crippen molar-refractivity contribution >= 4 is 11.7 Å². The van der Waals surface area contributed by atoms with Crippen LogP contribution in [-0.2, 0) is 6.42 Å². The van der Waals surface area contributed by atoms with Crippen LogP contribution in [0.5, 0.6) is 0 Å². The van der Waals surface area contributed by atoms with E-state index in [9.17, 15) is 9.18 Å². The minimum absolute atomic E-state index is 0.0704. The summed E-state index contributed by atoms with van der Waals surface area (Å²) in [5.41, 5.74) is 2.60. The van der Waals surface area contributed by atoms with E-state index in [1.54, 1.807) is 35.3 Å². The van der Waals surface area contributed by atoms with Crippen molar-refractivity contribution in [3.05, 3.63) is 71.4 Å². The van der Waals surface area contributed by atoms with E-state index in [1.165, 1.54) is 12.1 Å². The van der Waals surface area contributed by atoms with Gasteiger partial charge in [-0.05, 0) is 55.7 Å². The second-order valence-corrected chi connectivity index (χ2v) is 7.50. The molecule has 1 fully saturated rings. The fourth-order valence-electron chi connectivity index (χ4n) is 3.86. The first-order valence-corrected chi connectivity index (χ1v) is 10.3. The Morgan fingerprint density at radius 3 is 2.55 bits per heavy atom. The highest BCUT2D eigenvalue weighted by atomic mass is 19.1. The lowest BCUT2D eigenvalue weighted by Gasteiger charge is -2.33. The number of hydrogen-bond donors (Lipinski definition) is 1. The molecule has 1 aliphatic heterocycles. The average molecular weight is 418 g/mol. The Kier molecular flexibility index (Phi) is 5.94. The molecule has 2 aromatic heterocycles. The second-order valence-electron chi connectivity index (χ2n) is 7.50. The lowest BCUT2D eigenvalue weighted by Crippen LogP contribution is -2.45. The number of amides is 1. The van der Waals surface area contributed by atoms with Gasteiger partial charge in [-0.3, -0.25) is 4.79 Å². The Labute approximate surface area is 180 Å². The number of piperidine rings is 1. The number of anilines is 1. The van der Waals surface area contributed by atoms with Crippen LogP contribution in [0.15, 0.2) is 48.8 Å². The Morgan fingerprint density at radius 1 is 1.19 bits per heavy atom. The topological polar surface area (TPSA) is 86.8 Å². The minimum atomic E-state index is -0.311. The third-order valence-corrected chi connectivity index (χ3v) is 5.55. The molecule has 3 heterocycles. The van der Waals surface area contributed by atoms with Crippen molar-refractivity contribution in [2.24, 2.45) is 0 Å². The highest BCUT2D eigenvalue weighted by molar-refractivity contribution is 5.95. The van der Waals surface area contributed by atoms with Crippen molar-refractivity contribution in [1.29, 1.82) is 5.26 Å². The van der Waals surface area contributed by atoms with E-state index in [4.69, 9.17) is 5.26 Å². The summed E-state index contributed by atoms with van der Waals surface area (Å²) in [6.07, 6.45) is 5.40. The fraction of sp³-hybridized carbons (Fsp3) is 0.304. The van der Waals surface area contributed by atoms with Gasteiger partial charge in [0.05, 0.1) is 28.7 Å². The summed E-state index contributed by atoms with van der Waals surface area (Å²) in [5, 5.41) is 16.4. The molecule has 0 bridgehead atoms. The highest BCUT2D eigenvalue weighted by Crippen LogP contribution is 2.20. The lowest BCUT2D eigenvalue weighted by molar-refractivity contribution is 0.0930. The predicted molar refractivity (Wildman–Crippen MR) is 115 cm³/mol. The maximum atomic E-state index is 13.2. The third kappa shape index (κ3) is 4.40. The number of halogens is 1. The summed E-state index contributed by atoms with van der Waals surface area (Å²) in [4.78, 5) is 19.4. The van der Waals surface area contributed by atoms with Crippen LogP contribution in [0.2, 0.25) is 0 Å². The van der Waals surface area contributed by atoms with Gasteiger partial charge in [-0.25, -0.2) is 14.1 Å². The normalized spacial score (nSPS) is 14.3. The van der Waals surface area contributed by atoms with Gasteiger partial charge in [0.15, 0.2) is 0 Å². The number of nitrogens with zero attached hydrogens (tertiary/aromatic N) is 5. The number of pyridine rings is 1. The first-order valence-electron chi connectivity index (χ1n) is 10.3. The molecule has 3 aromatic rings. The van der Waals surface area contributed by atoms with Gasteiger partial charge in [0.2, 0.25) is 0 Å². The van der Waals surface area contributed by atoms with Crippen molar-refractivity contribution < 1.29 is 9.18 Å². The van der Waals surface area contributed by atoms with E-state index in [-0.39, 0.29) is 17.8 Å². The van der Waals surface area contributed by atoms with Crippen molar-refractivity contribution in [2.45, 2.75) is 32.2 Å². The van der Waals surface area contributed by atoms with Crippen molar-refractivity contribution in [3.63, 3.8) is 0 Å². The lowest BCUT2D eigenvalue weighted by atomic mass is 10.0. The van der Waals surface area contributed by atoms with E-state index in [2.05, 4.69) is 26.4 Å². The van der Waals surface area contributed by atoms with Crippen LogP contribution in [0.25, 0.3) is 5.69 Å². The average Bonchev–Trinajstić information content (AvgIpc) is 3.24. The van der Waals surface area contributed by atoms with E-state index >= 15 is 0 Å². The smallest absolute Gasteiger partial charge is 0.254 e. The van der Waals surface area contributed by atoms with Gasteiger partial charge in [-0.15, -0.1) is 0 Å². The molecule has 4 rings (SSSR count). The minimum Gasteiger partial charge on any atom is -0.356 e. The molecule has 0 radical (unpaired) electrons. The fourth-order valence-corrected chi connectivity index (χ4v) is 3.86. The zero-order valence-corrected chi connectivity index (χ0v) is 17.3. The molecule has 158 valence electrons. The number of carbonyl (C=O) groups is 1. The molecule has 1 N–H and O–H groups in total. The van der Waals surface area contributed by atoms with Crippen LogP contribution in [0.4, 0.5) is 10.2 Å². The zero-order chi connectivity index (χ0) is 21.8. The quantitative estimate of drug-likeness (QED) is 0.687. The Hall–Kier alpha value is -3.73.